The highest BCUT2D eigenvalue weighted by Crippen LogP contribution is 2.38. The van der Waals surface area contributed by atoms with E-state index in [0.29, 0.717) is 4.47 Å². The minimum absolute atomic E-state index is 0.0477. The minimum atomic E-state index is -0.842. The molecular formula is C18H16BrNO7. The Morgan fingerprint density at radius 1 is 0.963 bits per heavy atom. The third kappa shape index (κ3) is 4.03. The number of allylic oxidation sites excluding steroid dienone is 2. The summed E-state index contributed by atoms with van der Waals surface area (Å²) in [7, 11) is 3.50. The Hall–Kier alpha value is -3.07. The van der Waals surface area contributed by atoms with Crippen molar-refractivity contribution in [3.05, 3.63) is 57.9 Å². The number of halogens is 1. The van der Waals surface area contributed by atoms with Gasteiger partial charge in [0.05, 0.1) is 32.6 Å². The predicted molar refractivity (Wildman–Crippen MR) is 99.0 cm³/mol. The molecule has 0 fully saturated rings. The highest BCUT2D eigenvalue weighted by Gasteiger charge is 2.30. The SMILES string of the molecule is COC(=O)C1=C(C(=O)OC)N(c2cc(Br)cc(C(=O)OC)c2O)C=CC=C1. The van der Waals surface area contributed by atoms with Gasteiger partial charge in [0, 0.05) is 10.7 Å². The van der Waals surface area contributed by atoms with Crippen LogP contribution in [-0.2, 0) is 23.8 Å². The van der Waals surface area contributed by atoms with Crippen molar-refractivity contribution in [1.29, 1.82) is 0 Å². The van der Waals surface area contributed by atoms with E-state index in [1.165, 1.54) is 55.7 Å². The summed E-state index contributed by atoms with van der Waals surface area (Å²) < 4.78 is 14.6. The van der Waals surface area contributed by atoms with Gasteiger partial charge >= 0.3 is 17.9 Å². The smallest absolute Gasteiger partial charge is 0.355 e. The molecule has 1 heterocycles. The fraction of sp³-hybridized carbons (Fsp3) is 0.167. The molecule has 1 aromatic carbocycles. The molecule has 0 saturated carbocycles. The number of carbonyl (C=O) groups excluding carboxylic acids is 3. The average Bonchev–Trinajstić information content (AvgIpc) is 2.90. The molecular weight excluding hydrogens is 422 g/mol. The van der Waals surface area contributed by atoms with Crippen LogP contribution in [0.2, 0.25) is 0 Å². The van der Waals surface area contributed by atoms with E-state index in [4.69, 9.17) is 9.47 Å². The first-order valence-corrected chi connectivity index (χ1v) is 8.30. The molecule has 9 heteroatoms. The Balaban J connectivity index is 2.78. The predicted octanol–water partition coefficient (Wildman–Crippen LogP) is 2.43. The number of phenolic OH excluding ortho intramolecular Hbond substituents is 1. The molecule has 0 aliphatic carbocycles. The summed E-state index contributed by atoms with van der Waals surface area (Å²) in [5.41, 5.74) is -0.366. The molecule has 0 aromatic heterocycles. The van der Waals surface area contributed by atoms with E-state index in [1.54, 1.807) is 0 Å². The number of esters is 3. The molecule has 27 heavy (non-hydrogen) atoms. The molecule has 142 valence electrons. The molecule has 0 unspecified atom stereocenters. The largest absolute Gasteiger partial charge is 0.505 e. The minimum Gasteiger partial charge on any atom is -0.505 e. The van der Waals surface area contributed by atoms with Gasteiger partial charge in [-0.2, -0.15) is 0 Å². The number of aromatic hydroxyl groups is 1. The lowest BCUT2D eigenvalue weighted by Gasteiger charge is -2.24. The molecule has 0 saturated heterocycles. The van der Waals surface area contributed by atoms with Gasteiger partial charge in [0.2, 0.25) is 0 Å². The number of methoxy groups -OCH3 is 3. The van der Waals surface area contributed by atoms with Crippen molar-refractivity contribution in [3.63, 3.8) is 0 Å². The van der Waals surface area contributed by atoms with Gasteiger partial charge in [0.15, 0.2) is 5.75 Å². The molecule has 1 aliphatic rings. The first-order valence-electron chi connectivity index (χ1n) is 7.51. The molecule has 0 spiro atoms. The van der Waals surface area contributed by atoms with Gasteiger partial charge in [-0.15, -0.1) is 0 Å². The van der Waals surface area contributed by atoms with Crippen LogP contribution >= 0.6 is 15.9 Å². The lowest BCUT2D eigenvalue weighted by atomic mass is 10.1. The fourth-order valence-electron chi connectivity index (χ4n) is 2.39. The quantitative estimate of drug-likeness (QED) is 0.565. The normalized spacial score (nSPS) is 13.3. The second-order valence-corrected chi connectivity index (χ2v) is 6.04. The lowest BCUT2D eigenvalue weighted by molar-refractivity contribution is -0.139. The average molecular weight is 438 g/mol. The Bertz CT molecular complexity index is 886. The molecule has 0 bridgehead atoms. The Labute approximate surface area is 163 Å². The number of phenols is 1. The van der Waals surface area contributed by atoms with E-state index < -0.39 is 23.7 Å². The monoisotopic (exact) mass is 437 g/mol. The lowest BCUT2D eigenvalue weighted by Crippen LogP contribution is -2.27. The summed E-state index contributed by atoms with van der Waals surface area (Å²) in [5, 5.41) is 10.6. The van der Waals surface area contributed by atoms with Gasteiger partial charge in [-0.05, 0) is 24.3 Å². The molecule has 8 nitrogen and oxygen atoms in total. The number of hydrogen-bond acceptors (Lipinski definition) is 8. The number of nitrogens with zero attached hydrogens (tertiary/aromatic N) is 1. The number of anilines is 1. The van der Waals surface area contributed by atoms with Crippen LogP contribution < -0.4 is 4.90 Å². The summed E-state index contributed by atoms with van der Waals surface area (Å²) in [4.78, 5) is 37.8. The zero-order chi connectivity index (χ0) is 20.1. The van der Waals surface area contributed by atoms with Crippen LogP contribution in [0.4, 0.5) is 5.69 Å². The topological polar surface area (TPSA) is 102 Å². The summed E-state index contributed by atoms with van der Waals surface area (Å²) in [6.07, 6.45) is 5.87. The van der Waals surface area contributed by atoms with Crippen LogP contribution in [0.15, 0.2) is 52.3 Å². The van der Waals surface area contributed by atoms with Crippen LogP contribution in [0.3, 0.4) is 0 Å². The summed E-state index contributed by atoms with van der Waals surface area (Å²) in [6.45, 7) is 0. The van der Waals surface area contributed by atoms with E-state index in [-0.39, 0.29) is 22.5 Å². The van der Waals surface area contributed by atoms with Gasteiger partial charge in [0.1, 0.15) is 11.3 Å². The molecule has 0 radical (unpaired) electrons. The van der Waals surface area contributed by atoms with E-state index in [0.717, 1.165) is 7.11 Å². The third-order valence-electron chi connectivity index (χ3n) is 3.61. The van der Waals surface area contributed by atoms with Crippen molar-refractivity contribution in [2.75, 3.05) is 26.2 Å². The van der Waals surface area contributed by atoms with Crippen molar-refractivity contribution < 1.29 is 33.7 Å². The third-order valence-corrected chi connectivity index (χ3v) is 4.07. The summed E-state index contributed by atoms with van der Waals surface area (Å²) in [5.74, 6) is -2.83. The maximum absolute atomic E-state index is 12.4. The second-order valence-electron chi connectivity index (χ2n) is 5.13. The second kappa shape index (κ2) is 8.54. The van der Waals surface area contributed by atoms with Gasteiger partial charge in [-0.1, -0.05) is 22.0 Å². The van der Waals surface area contributed by atoms with Crippen LogP contribution in [0.1, 0.15) is 10.4 Å². The van der Waals surface area contributed by atoms with Gasteiger partial charge < -0.3 is 24.2 Å². The van der Waals surface area contributed by atoms with Crippen molar-refractivity contribution in [2.45, 2.75) is 0 Å². The number of ether oxygens (including phenoxy) is 3. The fourth-order valence-corrected chi connectivity index (χ4v) is 2.83. The standard InChI is InChI=1S/C18H16BrNO7/c1-25-16(22)11-6-4-5-7-20(14(11)18(24)27-3)13-9-10(19)8-12(15(13)21)17(23)26-2/h4-9,21H,1-3H3. The van der Waals surface area contributed by atoms with Crippen molar-refractivity contribution in [1.82, 2.24) is 0 Å². The molecule has 2 rings (SSSR count). The molecule has 0 amide bonds. The summed E-state index contributed by atoms with van der Waals surface area (Å²) in [6, 6.07) is 2.84. The number of hydrogen-bond donors (Lipinski definition) is 1. The van der Waals surface area contributed by atoms with E-state index in [9.17, 15) is 19.5 Å². The van der Waals surface area contributed by atoms with E-state index in [1.807, 2.05) is 0 Å². The van der Waals surface area contributed by atoms with Gasteiger partial charge in [0.25, 0.3) is 0 Å². The zero-order valence-electron chi connectivity index (χ0n) is 14.7. The Kier molecular flexibility index (Phi) is 6.40. The molecule has 1 aliphatic heterocycles. The van der Waals surface area contributed by atoms with Crippen molar-refractivity contribution in [3.8, 4) is 5.75 Å². The summed E-state index contributed by atoms with van der Waals surface area (Å²) >= 11 is 3.25. The molecule has 1 aromatic rings. The Morgan fingerprint density at radius 3 is 2.19 bits per heavy atom. The maximum Gasteiger partial charge on any atom is 0.355 e. The van der Waals surface area contributed by atoms with Crippen LogP contribution in [0.5, 0.6) is 5.75 Å². The van der Waals surface area contributed by atoms with Crippen molar-refractivity contribution in [2.24, 2.45) is 0 Å². The molecule has 0 atom stereocenters. The Morgan fingerprint density at radius 2 is 1.59 bits per heavy atom. The zero-order valence-corrected chi connectivity index (χ0v) is 16.3. The van der Waals surface area contributed by atoms with Crippen LogP contribution in [0, 0.1) is 0 Å². The first kappa shape index (κ1) is 20.2. The highest BCUT2D eigenvalue weighted by atomic mass is 79.9. The molecule has 1 N–H and O–H groups in total. The van der Waals surface area contributed by atoms with E-state index >= 15 is 0 Å². The first-order chi connectivity index (χ1) is 12.8. The van der Waals surface area contributed by atoms with Crippen LogP contribution in [0.25, 0.3) is 0 Å². The van der Waals surface area contributed by atoms with Gasteiger partial charge in [-0.25, -0.2) is 14.4 Å². The van der Waals surface area contributed by atoms with Crippen LogP contribution in [-0.4, -0.2) is 44.3 Å². The van der Waals surface area contributed by atoms with E-state index in [2.05, 4.69) is 20.7 Å². The number of carbonyl (C=O) groups is 3. The maximum atomic E-state index is 12.4. The van der Waals surface area contributed by atoms with Gasteiger partial charge in [-0.3, -0.25) is 0 Å². The number of rotatable bonds is 4. The number of benzene rings is 1. The van der Waals surface area contributed by atoms with Crippen molar-refractivity contribution >= 4 is 39.5 Å². The highest BCUT2D eigenvalue weighted by molar-refractivity contribution is 9.10.